The van der Waals surface area contributed by atoms with Gasteiger partial charge in [-0.15, -0.1) is 0 Å². The van der Waals surface area contributed by atoms with Gasteiger partial charge in [-0.3, -0.25) is 14.6 Å². The molecule has 0 aromatic carbocycles. The maximum atomic E-state index is 12.1. The van der Waals surface area contributed by atoms with Crippen molar-refractivity contribution in [2.75, 3.05) is 6.54 Å². The van der Waals surface area contributed by atoms with Crippen molar-refractivity contribution in [3.8, 4) is 0 Å². The van der Waals surface area contributed by atoms with E-state index in [0.717, 1.165) is 0 Å². The second-order valence-corrected chi connectivity index (χ2v) is 4.38. The Morgan fingerprint density at radius 1 is 1.50 bits per heavy atom. The van der Waals surface area contributed by atoms with Gasteiger partial charge in [0, 0.05) is 13.0 Å². The Hall–Kier alpha value is -1.73. The highest BCUT2D eigenvalue weighted by Gasteiger charge is 2.38. The van der Waals surface area contributed by atoms with E-state index in [1.54, 1.807) is 0 Å². The van der Waals surface area contributed by atoms with Crippen molar-refractivity contribution in [2.24, 2.45) is 5.73 Å². The Labute approximate surface area is 108 Å². The Morgan fingerprint density at radius 3 is 2.83 bits per heavy atom. The van der Waals surface area contributed by atoms with Gasteiger partial charge in [0.15, 0.2) is 0 Å². The summed E-state index contributed by atoms with van der Waals surface area (Å²) >= 11 is 5.64. The second kappa shape index (κ2) is 4.87. The number of primary amides is 1. The molecule has 96 valence electrons. The van der Waals surface area contributed by atoms with Crippen LogP contribution in [0.2, 0.25) is 5.15 Å². The van der Waals surface area contributed by atoms with Crippen LogP contribution in [0.5, 0.6) is 0 Å². The minimum absolute atomic E-state index is 0.0165. The predicted octanol–water partition coefficient (Wildman–Crippen LogP) is -0.809. The molecule has 2 atom stereocenters. The van der Waals surface area contributed by atoms with Gasteiger partial charge < -0.3 is 15.7 Å². The summed E-state index contributed by atoms with van der Waals surface area (Å²) in [6.45, 7) is 0.0423. The number of amides is 2. The molecule has 0 radical (unpaired) electrons. The van der Waals surface area contributed by atoms with Crippen LogP contribution in [-0.2, 0) is 4.79 Å². The average molecular weight is 271 g/mol. The smallest absolute Gasteiger partial charge is 0.274 e. The van der Waals surface area contributed by atoms with Gasteiger partial charge in [-0.2, -0.15) is 0 Å². The van der Waals surface area contributed by atoms with E-state index in [4.69, 9.17) is 17.3 Å². The molecule has 1 aromatic heterocycles. The quantitative estimate of drug-likeness (QED) is 0.730. The summed E-state index contributed by atoms with van der Waals surface area (Å²) in [5, 5.41) is 9.59. The molecule has 7 nitrogen and oxygen atoms in total. The summed E-state index contributed by atoms with van der Waals surface area (Å²) in [5.74, 6) is -1.18. The van der Waals surface area contributed by atoms with E-state index in [1.807, 2.05) is 0 Å². The van der Waals surface area contributed by atoms with Gasteiger partial charge in [0.05, 0.1) is 18.5 Å². The van der Waals surface area contributed by atoms with Crippen molar-refractivity contribution in [1.82, 2.24) is 14.9 Å². The van der Waals surface area contributed by atoms with Crippen LogP contribution in [0.3, 0.4) is 0 Å². The molecular formula is C10H11ClN4O3. The van der Waals surface area contributed by atoms with Crippen LogP contribution in [-0.4, -0.2) is 50.5 Å². The van der Waals surface area contributed by atoms with E-state index in [-0.39, 0.29) is 23.8 Å². The van der Waals surface area contributed by atoms with Crippen LogP contribution in [0.15, 0.2) is 12.4 Å². The Bertz CT molecular complexity index is 496. The Kier molecular flexibility index (Phi) is 3.44. The van der Waals surface area contributed by atoms with Crippen LogP contribution in [0.4, 0.5) is 0 Å². The van der Waals surface area contributed by atoms with Crippen molar-refractivity contribution in [3.05, 3.63) is 23.2 Å². The van der Waals surface area contributed by atoms with Crippen molar-refractivity contribution < 1.29 is 14.7 Å². The molecule has 2 unspecified atom stereocenters. The Balaban J connectivity index is 2.25. The molecule has 1 aliphatic rings. The molecular weight excluding hydrogens is 260 g/mol. The molecule has 8 heteroatoms. The number of halogens is 1. The molecule has 2 amide bonds. The standard InChI is InChI=1S/C10H11ClN4O3/c11-8-3-13-2-6(14-8)10(18)15-4-5(16)1-7(15)9(12)17/h2-3,5,7,16H,1,4H2,(H2,12,17). The van der Waals surface area contributed by atoms with Gasteiger partial charge in [0.25, 0.3) is 5.91 Å². The zero-order valence-electron chi connectivity index (χ0n) is 9.28. The number of nitrogens with zero attached hydrogens (tertiary/aromatic N) is 3. The van der Waals surface area contributed by atoms with Crippen LogP contribution >= 0.6 is 11.6 Å². The number of rotatable bonds is 2. The number of aliphatic hydroxyl groups excluding tert-OH is 1. The largest absolute Gasteiger partial charge is 0.391 e. The first-order chi connectivity index (χ1) is 8.49. The van der Waals surface area contributed by atoms with Crippen molar-refractivity contribution in [1.29, 1.82) is 0 Å². The molecule has 1 aliphatic heterocycles. The van der Waals surface area contributed by atoms with Gasteiger partial charge in [-0.1, -0.05) is 11.6 Å². The number of β-amino-alcohol motifs (C(OH)–C–C–N with tert-alkyl or cyclic N) is 1. The van der Waals surface area contributed by atoms with E-state index in [1.165, 1.54) is 17.3 Å². The first-order valence-electron chi connectivity index (χ1n) is 5.25. The molecule has 2 heterocycles. The number of aromatic nitrogens is 2. The van der Waals surface area contributed by atoms with E-state index < -0.39 is 24.0 Å². The molecule has 0 saturated carbocycles. The summed E-state index contributed by atoms with van der Waals surface area (Å²) in [5.41, 5.74) is 5.21. The lowest BCUT2D eigenvalue weighted by molar-refractivity contribution is -0.121. The molecule has 3 N–H and O–H groups in total. The molecule has 18 heavy (non-hydrogen) atoms. The van der Waals surface area contributed by atoms with E-state index >= 15 is 0 Å². The zero-order chi connectivity index (χ0) is 13.3. The number of nitrogens with two attached hydrogens (primary N) is 1. The maximum Gasteiger partial charge on any atom is 0.274 e. The average Bonchev–Trinajstić information content (AvgIpc) is 2.70. The predicted molar refractivity (Wildman–Crippen MR) is 61.7 cm³/mol. The summed E-state index contributed by atoms with van der Waals surface area (Å²) < 4.78 is 0. The lowest BCUT2D eigenvalue weighted by atomic mass is 10.2. The third-order valence-corrected chi connectivity index (χ3v) is 2.87. The highest BCUT2D eigenvalue weighted by atomic mass is 35.5. The van der Waals surface area contributed by atoms with Crippen LogP contribution < -0.4 is 5.73 Å². The highest BCUT2D eigenvalue weighted by molar-refractivity contribution is 6.29. The second-order valence-electron chi connectivity index (χ2n) is 3.99. The number of hydrogen-bond donors (Lipinski definition) is 2. The highest BCUT2D eigenvalue weighted by Crippen LogP contribution is 2.20. The summed E-state index contributed by atoms with van der Waals surface area (Å²) in [6.07, 6.45) is 1.91. The van der Waals surface area contributed by atoms with E-state index in [2.05, 4.69) is 9.97 Å². The van der Waals surface area contributed by atoms with Crippen molar-refractivity contribution in [3.63, 3.8) is 0 Å². The molecule has 0 spiro atoms. The van der Waals surface area contributed by atoms with Crippen molar-refractivity contribution in [2.45, 2.75) is 18.6 Å². The van der Waals surface area contributed by atoms with E-state index in [9.17, 15) is 14.7 Å². The number of likely N-dealkylation sites (tertiary alicyclic amines) is 1. The molecule has 2 rings (SSSR count). The fraction of sp³-hybridized carbons (Fsp3) is 0.400. The monoisotopic (exact) mass is 270 g/mol. The van der Waals surface area contributed by atoms with Gasteiger partial charge in [-0.25, -0.2) is 4.98 Å². The van der Waals surface area contributed by atoms with Gasteiger partial charge in [0.2, 0.25) is 5.91 Å². The maximum absolute atomic E-state index is 12.1. The minimum atomic E-state index is -0.826. The lowest BCUT2D eigenvalue weighted by Crippen LogP contribution is -2.44. The number of carbonyl (C=O) groups is 2. The molecule has 0 bridgehead atoms. The topological polar surface area (TPSA) is 109 Å². The van der Waals surface area contributed by atoms with Gasteiger partial charge in [-0.05, 0) is 0 Å². The first kappa shape index (κ1) is 12.7. The molecule has 1 fully saturated rings. The summed E-state index contributed by atoms with van der Waals surface area (Å²) in [4.78, 5) is 32.1. The molecule has 1 saturated heterocycles. The SMILES string of the molecule is NC(=O)C1CC(O)CN1C(=O)c1cncc(Cl)n1. The Morgan fingerprint density at radius 2 is 2.22 bits per heavy atom. The minimum Gasteiger partial charge on any atom is -0.391 e. The summed E-state index contributed by atoms with van der Waals surface area (Å²) in [6, 6.07) is -0.826. The fourth-order valence-corrected chi connectivity index (χ4v) is 2.05. The molecule has 1 aromatic rings. The number of hydrogen-bond acceptors (Lipinski definition) is 5. The van der Waals surface area contributed by atoms with Gasteiger partial charge in [0.1, 0.15) is 16.9 Å². The molecule has 0 aliphatic carbocycles. The van der Waals surface area contributed by atoms with E-state index in [0.29, 0.717) is 0 Å². The van der Waals surface area contributed by atoms with Crippen LogP contribution in [0, 0.1) is 0 Å². The first-order valence-corrected chi connectivity index (χ1v) is 5.62. The number of carbonyl (C=O) groups excluding carboxylic acids is 2. The lowest BCUT2D eigenvalue weighted by Gasteiger charge is -2.21. The number of aliphatic hydroxyl groups is 1. The third kappa shape index (κ3) is 2.41. The van der Waals surface area contributed by atoms with Crippen molar-refractivity contribution >= 4 is 23.4 Å². The summed E-state index contributed by atoms with van der Waals surface area (Å²) in [7, 11) is 0. The van der Waals surface area contributed by atoms with Gasteiger partial charge >= 0.3 is 0 Å². The van der Waals surface area contributed by atoms with Crippen LogP contribution in [0.25, 0.3) is 0 Å². The zero-order valence-corrected chi connectivity index (χ0v) is 10.0. The normalized spacial score (nSPS) is 23.1. The van der Waals surface area contributed by atoms with Crippen LogP contribution in [0.1, 0.15) is 16.9 Å². The fourth-order valence-electron chi connectivity index (χ4n) is 1.90. The third-order valence-electron chi connectivity index (χ3n) is 2.69.